The molecule has 0 bridgehead atoms. The number of nitrogens with one attached hydrogen (secondary N) is 2. The highest BCUT2D eigenvalue weighted by atomic mass is 28.4. The Hall–Kier alpha value is -1.08. The van der Waals surface area contributed by atoms with Crippen LogP contribution in [0.25, 0.3) is 0 Å². The Morgan fingerprint density at radius 1 is 0.933 bits per heavy atom. The Balaban J connectivity index is 2.32. The van der Waals surface area contributed by atoms with Gasteiger partial charge >= 0.3 is 6.03 Å². The van der Waals surface area contributed by atoms with E-state index in [4.69, 9.17) is 13.6 Å². The van der Waals surface area contributed by atoms with E-state index in [1.165, 1.54) is 0 Å². The summed E-state index contributed by atoms with van der Waals surface area (Å²) in [5.41, 5.74) is -1.78. The van der Waals surface area contributed by atoms with Crippen molar-refractivity contribution in [2.75, 3.05) is 6.61 Å². The van der Waals surface area contributed by atoms with Crippen LogP contribution in [-0.2, 0) is 23.2 Å². The number of barbiturate groups is 1. The largest absolute Gasteiger partial charge is 0.414 e. The van der Waals surface area contributed by atoms with Crippen LogP contribution in [0.2, 0.25) is 36.3 Å². The van der Waals surface area contributed by atoms with Gasteiger partial charge in [-0.1, -0.05) is 41.5 Å². The topological polar surface area (TPSA) is 103 Å². The van der Waals surface area contributed by atoms with E-state index >= 15 is 0 Å². The standard InChI is InChI=1S/C20H38N2O6Si2/c1-18(2,3)29(7,8)26-12-14-13(28-30(9,10)19(4,5)6)11-20(27-14)15(23)21-17(25)22-16(20)24/h13-14H,11-12H2,1-10H3,(H2,21,22,23,24,25)/t13-,14+/m0/s1. The van der Waals surface area contributed by atoms with Crippen molar-refractivity contribution in [2.45, 2.75) is 102 Å². The summed E-state index contributed by atoms with van der Waals surface area (Å²) in [6, 6.07) is -0.831. The Morgan fingerprint density at radius 2 is 1.40 bits per heavy atom. The minimum Gasteiger partial charge on any atom is -0.414 e. The normalized spacial score (nSPS) is 25.5. The Bertz CT molecular complexity index is 704. The van der Waals surface area contributed by atoms with Crippen molar-refractivity contribution in [3.8, 4) is 0 Å². The molecule has 2 aliphatic heterocycles. The summed E-state index contributed by atoms with van der Waals surface area (Å²) in [5.74, 6) is -1.48. The molecule has 2 saturated heterocycles. The van der Waals surface area contributed by atoms with Crippen LogP contribution in [0.15, 0.2) is 0 Å². The van der Waals surface area contributed by atoms with Gasteiger partial charge in [0.05, 0.1) is 12.7 Å². The Labute approximate surface area is 182 Å². The van der Waals surface area contributed by atoms with Crippen LogP contribution in [0.1, 0.15) is 48.0 Å². The molecule has 1 spiro atoms. The molecule has 2 heterocycles. The summed E-state index contributed by atoms with van der Waals surface area (Å²) >= 11 is 0. The van der Waals surface area contributed by atoms with Crippen LogP contribution in [-0.4, -0.2) is 58.9 Å². The number of urea groups is 1. The van der Waals surface area contributed by atoms with E-state index in [2.05, 4.69) is 78.4 Å². The van der Waals surface area contributed by atoms with Crippen molar-refractivity contribution in [1.29, 1.82) is 0 Å². The fourth-order valence-corrected chi connectivity index (χ4v) is 5.31. The maximum absolute atomic E-state index is 12.7. The predicted octanol–water partition coefficient (Wildman–Crippen LogP) is 3.29. The molecule has 8 nitrogen and oxygen atoms in total. The molecule has 172 valence electrons. The van der Waals surface area contributed by atoms with E-state index in [-0.39, 0.29) is 23.1 Å². The lowest BCUT2D eigenvalue weighted by Crippen LogP contribution is -2.66. The number of hydrogen-bond acceptors (Lipinski definition) is 6. The lowest BCUT2D eigenvalue weighted by atomic mass is 9.95. The van der Waals surface area contributed by atoms with Crippen LogP contribution < -0.4 is 10.6 Å². The van der Waals surface area contributed by atoms with Crippen molar-refractivity contribution < 1.29 is 28.0 Å². The Kier molecular flexibility index (Phi) is 6.55. The minimum absolute atomic E-state index is 0.00504. The number of amides is 4. The second kappa shape index (κ2) is 7.81. The van der Waals surface area contributed by atoms with Crippen LogP contribution in [0.5, 0.6) is 0 Å². The third kappa shape index (κ3) is 4.72. The van der Waals surface area contributed by atoms with Crippen molar-refractivity contribution in [3.05, 3.63) is 0 Å². The zero-order valence-corrected chi connectivity index (χ0v) is 22.0. The molecule has 30 heavy (non-hydrogen) atoms. The molecular formula is C20H38N2O6Si2. The minimum atomic E-state index is -2.22. The summed E-state index contributed by atoms with van der Waals surface area (Å²) in [7, 11) is -4.30. The number of carbonyl (C=O) groups is 3. The molecule has 0 aliphatic carbocycles. The lowest BCUT2D eigenvalue weighted by Gasteiger charge is -2.40. The van der Waals surface area contributed by atoms with Gasteiger partial charge in [-0.25, -0.2) is 4.79 Å². The summed E-state index contributed by atoms with van der Waals surface area (Å²) in [6.07, 6.45) is -1.02. The highest BCUT2D eigenvalue weighted by molar-refractivity contribution is 6.74. The zero-order chi connectivity index (χ0) is 23.3. The first-order chi connectivity index (χ1) is 13.3. The van der Waals surface area contributed by atoms with Gasteiger partial charge in [0, 0.05) is 6.42 Å². The van der Waals surface area contributed by atoms with Crippen molar-refractivity contribution in [2.24, 2.45) is 0 Å². The lowest BCUT2D eigenvalue weighted by molar-refractivity contribution is -0.161. The number of imide groups is 2. The van der Waals surface area contributed by atoms with Crippen LogP contribution in [0.4, 0.5) is 4.79 Å². The van der Waals surface area contributed by atoms with E-state index < -0.39 is 52.3 Å². The Morgan fingerprint density at radius 3 is 1.83 bits per heavy atom. The van der Waals surface area contributed by atoms with Crippen molar-refractivity contribution >= 4 is 34.5 Å². The quantitative estimate of drug-likeness (QED) is 0.484. The van der Waals surface area contributed by atoms with Gasteiger partial charge in [0.1, 0.15) is 6.10 Å². The van der Waals surface area contributed by atoms with Crippen molar-refractivity contribution in [3.63, 3.8) is 0 Å². The van der Waals surface area contributed by atoms with Crippen LogP contribution in [0.3, 0.4) is 0 Å². The fourth-order valence-electron chi connectivity index (χ4n) is 2.95. The van der Waals surface area contributed by atoms with E-state index in [1.807, 2.05) is 0 Å². The third-order valence-corrected chi connectivity index (χ3v) is 16.1. The average molecular weight is 459 g/mol. The SMILES string of the molecule is CC(C)(C)[Si](C)(C)OC[C@H]1OC2(C[C@@H]1O[Si](C)(C)C(C)(C)C)C(=O)NC(=O)NC2=O. The number of carbonyl (C=O) groups excluding carboxylic acids is 3. The molecule has 0 aromatic rings. The first-order valence-electron chi connectivity index (χ1n) is 10.5. The second-order valence-electron chi connectivity index (χ2n) is 11.4. The van der Waals surface area contributed by atoms with Gasteiger partial charge < -0.3 is 13.6 Å². The first-order valence-corrected chi connectivity index (χ1v) is 16.3. The number of rotatable bonds is 5. The molecule has 2 atom stereocenters. The predicted molar refractivity (Wildman–Crippen MR) is 119 cm³/mol. The van der Waals surface area contributed by atoms with E-state index in [0.717, 1.165) is 0 Å². The van der Waals surface area contributed by atoms with Gasteiger partial charge in [0.15, 0.2) is 16.6 Å². The molecule has 2 aliphatic rings. The molecule has 0 unspecified atom stereocenters. The first kappa shape index (κ1) is 25.2. The maximum atomic E-state index is 12.7. The van der Waals surface area contributed by atoms with Gasteiger partial charge in [-0.3, -0.25) is 20.2 Å². The van der Waals surface area contributed by atoms with Crippen LogP contribution >= 0.6 is 0 Å². The summed E-state index contributed by atoms with van der Waals surface area (Å²) in [5, 5.41) is 4.27. The van der Waals surface area contributed by atoms with Gasteiger partial charge in [0.25, 0.3) is 11.8 Å². The van der Waals surface area contributed by atoms with Gasteiger partial charge in [-0.2, -0.15) is 0 Å². The maximum Gasteiger partial charge on any atom is 0.328 e. The molecule has 2 rings (SSSR count). The van der Waals surface area contributed by atoms with Gasteiger partial charge in [-0.05, 0) is 36.3 Å². The third-order valence-electron chi connectivity index (χ3n) is 7.11. The number of ether oxygens (including phenoxy) is 1. The monoisotopic (exact) mass is 458 g/mol. The molecule has 2 N–H and O–H groups in total. The molecule has 0 saturated carbocycles. The highest BCUT2D eigenvalue weighted by Gasteiger charge is 2.61. The molecule has 0 radical (unpaired) electrons. The fraction of sp³-hybridized carbons (Fsp3) is 0.850. The average Bonchev–Trinajstić information content (AvgIpc) is 2.88. The highest BCUT2D eigenvalue weighted by Crippen LogP contribution is 2.43. The van der Waals surface area contributed by atoms with Gasteiger partial charge in [0.2, 0.25) is 5.60 Å². The molecule has 0 aromatic carbocycles. The zero-order valence-electron chi connectivity index (χ0n) is 20.0. The molecule has 4 amide bonds. The van der Waals surface area contributed by atoms with E-state index in [9.17, 15) is 14.4 Å². The number of hydrogen-bond donors (Lipinski definition) is 2. The molecule has 2 fully saturated rings. The molecule has 10 heteroatoms. The molecule has 0 aromatic heterocycles. The van der Waals surface area contributed by atoms with E-state index in [1.54, 1.807) is 0 Å². The van der Waals surface area contributed by atoms with Gasteiger partial charge in [-0.15, -0.1) is 0 Å². The van der Waals surface area contributed by atoms with Crippen molar-refractivity contribution in [1.82, 2.24) is 10.6 Å². The summed E-state index contributed by atoms with van der Waals surface area (Å²) in [6.45, 7) is 21.6. The smallest absolute Gasteiger partial charge is 0.328 e. The summed E-state index contributed by atoms with van der Waals surface area (Å²) in [4.78, 5) is 36.9. The molecular weight excluding hydrogens is 420 g/mol. The summed E-state index contributed by atoms with van der Waals surface area (Å²) < 4.78 is 19.0. The van der Waals surface area contributed by atoms with Crippen LogP contribution in [0, 0.1) is 0 Å². The van der Waals surface area contributed by atoms with E-state index in [0.29, 0.717) is 0 Å². The second-order valence-corrected chi connectivity index (χ2v) is 21.0.